The zero-order valence-corrected chi connectivity index (χ0v) is 65.1. The molecule has 6 nitrogen and oxygen atoms in total. The minimum Gasteiger partial charge on any atom is -0.309 e. The second-order valence-electron chi connectivity index (χ2n) is 32.2. The molecule has 0 bridgehead atoms. The Balaban J connectivity index is 0.0000000977. The Kier molecular flexibility index (Phi) is 14.2. The van der Waals surface area contributed by atoms with Gasteiger partial charge in [-0.25, -0.2) is 0 Å². The van der Waals surface area contributed by atoms with Gasteiger partial charge in [-0.2, -0.15) is 0 Å². The first kappa shape index (κ1) is 66.3. The fourth-order valence-corrected chi connectivity index (χ4v) is 20.7. The van der Waals surface area contributed by atoms with Crippen LogP contribution in [-0.2, 0) is 0 Å². The van der Waals surface area contributed by atoms with E-state index in [1.165, 1.54) is 241 Å². The predicted molar refractivity (Wildman–Crippen MR) is 508 cm³/mol. The van der Waals surface area contributed by atoms with Gasteiger partial charge in [-0.05, 0) is 196 Å². The average Bonchev–Trinajstić information content (AvgIpc) is 1.56. The van der Waals surface area contributed by atoms with E-state index >= 15 is 0 Å². The molecule has 28 rings (SSSR count). The van der Waals surface area contributed by atoms with Gasteiger partial charge >= 0.3 is 0 Å². The molecule has 0 aliphatic rings. The Morgan fingerprint density at radius 3 is 0.692 bits per heavy atom. The molecule has 0 spiro atoms. The van der Waals surface area contributed by atoms with Gasteiger partial charge in [-0.15, -0.1) is 0 Å². The molecule has 9 heterocycles. The molecule has 28 aromatic rings. The third-order valence-corrected chi connectivity index (χ3v) is 25.9. The van der Waals surface area contributed by atoms with Gasteiger partial charge in [-0.3, -0.25) is 0 Å². The second kappa shape index (κ2) is 25.7. The summed E-state index contributed by atoms with van der Waals surface area (Å²) in [6, 6.07) is 155. The summed E-state index contributed by atoms with van der Waals surface area (Å²) in [5.41, 5.74) is 32.4. The zero-order valence-electron chi connectivity index (χ0n) is 65.1. The molecule has 0 atom stereocenters. The van der Waals surface area contributed by atoms with Gasteiger partial charge in [0.1, 0.15) is 0 Å². The summed E-state index contributed by atoms with van der Waals surface area (Å²) in [4.78, 5) is 0. The van der Waals surface area contributed by atoms with Crippen LogP contribution in [0.5, 0.6) is 0 Å². The maximum Gasteiger partial charge on any atom is 0.0620 e. The average molecular weight is 1520 g/mol. The fourth-order valence-electron chi connectivity index (χ4n) is 20.7. The van der Waals surface area contributed by atoms with E-state index < -0.39 is 0 Å². The third kappa shape index (κ3) is 9.67. The van der Waals surface area contributed by atoms with Crippen molar-refractivity contribution in [1.29, 1.82) is 0 Å². The quantitative estimate of drug-likeness (QED) is 0.152. The summed E-state index contributed by atoms with van der Waals surface area (Å²) in [5, 5.41) is 23.4. The lowest BCUT2D eigenvalue weighted by atomic mass is 9.98. The fraction of sp³-hybridized carbons (Fsp3) is 0. The van der Waals surface area contributed by atoms with Crippen molar-refractivity contribution in [3.05, 3.63) is 425 Å². The molecule has 120 heavy (non-hydrogen) atoms. The van der Waals surface area contributed by atoms with Crippen molar-refractivity contribution in [3.63, 3.8) is 0 Å². The topological polar surface area (TPSA) is 28.0 Å². The Hall–Kier alpha value is -16.0. The van der Waals surface area contributed by atoms with Crippen molar-refractivity contribution in [2.45, 2.75) is 0 Å². The molecule has 0 amide bonds. The number of hydrogen-bond acceptors (Lipinski definition) is 0. The van der Waals surface area contributed by atoms with Crippen LogP contribution in [0.15, 0.2) is 425 Å². The maximum atomic E-state index is 2.44. The lowest BCUT2D eigenvalue weighted by Crippen LogP contribution is -1.94. The van der Waals surface area contributed by atoms with E-state index in [0.717, 1.165) is 0 Å². The standard InChI is InChI=1S/C42H26N2.2C36H22N2/c1-2-10-27(11-3-1)28-12-8-13-31(24-28)43-38-18-6-5-15-33(38)36-25-29(20-22-40(36)43)30-21-23-41-37(26-30)35-17-9-16-34-32-14-4-7-19-39(32)44(41)42(34)35;1-2-10-25(11-3-1)37-32-15-7-4-12-26(32)29-20-23(18-19-35(29)37)24-21-30-27-13-5-8-16-33(27)38-34-17-9-6-14-28(34)31(22-24)36(30)38;1-2-9-25(10-3-1)37-32-15-6-5-12-27(32)30-21-23(17-19-34(30)37)24-18-20-35-31(22-24)29-14-8-13-28-26-11-4-7-16-33(26)38(35)36(28)29/h1-26H;2*1-22H. The van der Waals surface area contributed by atoms with Crippen LogP contribution in [0.3, 0.4) is 0 Å². The van der Waals surface area contributed by atoms with Crippen molar-refractivity contribution in [2.24, 2.45) is 0 Å². The zero-order chi connectivity index (χ0) is 78.4. The molecule has 0 fully saturated rings. The number of aromatic nitrogens is 6. The molecule has 0 saturated carbocycles. The highest BCUT2D eigenvalue weighted by Crippen LogP contribution is 2.48. The first-order chi connectivity index (χ1) is 59.6. The molecule has 556 valence electrons. The van der Waals surface area contributed by atoms with Crippen LogP contribution < -0.4 is 0 Å². The van der Waals surface area contributed by atoms with Gasteiger partial charge in [0, 0.05) is 114 Å². The molecule has 0 N–H and O–H groups in total. The maximum absolute atomic E-state index is 2.44. The SMILES string of the molecule is c1ccc(-c2cccc(-n3c4ccccc4c4cc(-c5ccc6c(c5)c5cccc7c8ccccc8n6c75)ccc43)c2)cc1.c1ccc(-n2c3ccccc3c3cc(-c4cc5c6ccccc6n6c7ccccc7c(c4)c56)ccc32)cc1.c1ccc(-n2c3ccccc3c3cc(-c4ccc5c(c4)c4cccc6c7ccccc7n5c64)ccc32)cc1. The van der Waals surface area contributed by atoms with Gasteiger partial charge in [0.2, 0.25) is 0 Å². The van der Waals surface area contributed by atoms with Crippen LogP contribution >= 0.6 is 0 Å². The highest BCUT2D eigenvalue weighted by Gasteiger charge is 2.25. The molecule has 6 heteroatoms. The van der Waals surface area contributed by atoms with Crippen LogP contribution in [0.25, 0.3) is 241 Å². The van der Waals surface area contributed by atoms with Crippen LogP contribution in [0, 0.1) is 0 Å². The van der Waals surface area contributed by atoms with Gasteiger partial charge in [0.15, 0.2) is 0 Å². The number of rotatable bonds is 7. The number of nitrogens with zero attached hydrogens (tertiary/aromatic N) is 6. The van der Waals surface area contributed by atoms with E-state index in [-0.39, 0.29) is 0 Å². The Morgan fingerprint density at radius 2 is 0.317 bits per heavy atom. The Labute approximate surface area is 688 Å². The van der Waals surface area contributed by atoms with E-state index in [1.807, 2.05) is 0 Å². The summed E-state index contributed by atoms with van der Waals surface area (Å²) >= 11 is 0. The van der Waals surface area contributed by atoms with E-state index in [0.29, 0.717) is 0 Å². The van der Waals surface area contributed by atoms with E-state index in [2.05, 4.69) is 452 Å². The van der Waals surface area contributed by atoms with E-state index in [9.17, 15) is 0 Å². The molecular weight excluding hydrogens is 1450 g/mol. The van der Waals surface area contributed by atoms with Crippen LogP contribution in [0.1, 0.15) is 0 Å². The smallest absolute Gasteiger partial charge is 0.0620 e. The van der Waals surface area contributed by atoms with Crippen molar-refractivity contribution in [3.8, 4) is 61.6 Å². The van der Waals surface area contributed by atoms with E-state index in [4.69, 9.17) is 0 Å². The van der Waals surface area contributed by atoms with Crippen molar-refractivity contribution in [1.82, 2.24) is 26.9 Å². The highest BCUT2D eigenvalue weighted by atomic mass is 15.0. The lowest BCUT2D eigenvalue weighted by Gasteiger charge is -2.11. The predicted octanol–water partition coefficient (Wildman–Crippen LogP) is 30.5. The van der Waals surface area contributed by atoms with Crippen LogP contribution in [0.4, 0.5) is 0 Å². The van der Waals surface area contributed by atoms with Crippen molar-refractivity contribution in [2.75, 3.05) is 0 Å². The lowest BCUT2D eigenvalue weighted by molar-refractivity contribution is 1.18. The minimum absolute atomic E-state index is 1.17. The summed E-state index contributed by atoms with van der Waals surface area (Å²) in [6.45, 7) is 0. The molecule has 0 aliphatic heterocycles. The van der Waals surface area contributed by atoms with Gasteiger partial charge in [-0.1, -0.05) is 273 Å². The molecule has 0 unspecified atom stereocenters. The van der Waals surface area contributed by atoms with Crippen molar-refractivity contribution < 1.29 is 0 Å². The molecule has 19 aromatic carbocycles. The Morgan fingerprint density at radius 1 is 0.108 bits per heavy atom. The number of hydrogen-bond donors (Lipinski definition) is 0. The minimum atomic E-state index is 1.17. The molecular formula is C114H70N6. The normalized spacial score (nSPS) is 12.2. The monoisotopic (exact) mass is 1520 g/mol. The molecule has 9 aromatic heterocycles. The largest absolute Gasteiger partial charge is 0.309 e. The molecule has 0 aliphatic carbocycles. The summed E-state index contributed by atoms with van der Waals surface area (Å²) < 4.78 is 14.5. The number of para-hydroxylation sites is 11. The summed E-state index contributed by atoms with van der Waals surface area (Å²) in [7, 11) is 0. The molecule has 0 saturated heterocycles. The second-order valence-corrected chi connectivity index (χ2v) is 32.2. The summed E-state index contributed by atoms with van der Waals surface area (Å²) in [5.74, 6) is 0. The molecule has 0 radical (unpaired) electrons. The van der Waals surface area contributed by atoms with Gasteiger partial charge < -0.3 is 26.9 Å². The third-order valence-electron chi connectivity index (χ3n) is 25.9. The van der Waals surface area contributed by atoms with Crippen molar-refractivity contribution >= 4 is 180 Å². The summed E-state index contributed by atoms with van der Waals surface area (Å²) in [6.07, 6.45) is 0. The first-order valence-electron chi connectivity index (χ1n) is 41.5. The van der Waals surface area contributed by atoms with Crippen LogP contribution in [0.2, 0.25) is 0 Å². The number of fused-ring (bicyclic) bond motifs is 27. The number of benzene rings is 19. The highest BCUT2D eigenvalue weighted by molar-refractivity contribution is 6.27. The Bertz CT molecular complexity index is 8960. The van der Waals surface area contributed by atoms with Gasteiger partial charge in [0.05, 0.1) is 82.8 Å². The van der Waals surface area contributed by atoms with Crippen LogP contribution in [-0.4, -0.2) is 26.9 Å². The van der Waals surface area contributed by atoms with Gasteiger partial charge in [0.25, 0.3) is 0 Å². The first-order valence-corrected chi connectivity index (χ1v) is 41.5. The van der Waals surface area contributed by atoms with E-state index in [1.54, 1.807) is 0 Å².